The predicted molar refractivity (Wildman–Crippen MR) is 144 cm³/mol. The van der Waals surface area contributed by atoms with E-state index in [1.165, 1.54) is 11.8 Å². The Labute approximate surface area is 228 Å². The Morgan fingerprint density at radius 2 is 1.74 bits per heavy atom. The summed E-state index contributed by atoms with van der Waals surface area (Å²) in [6.45, 7) is 5.74. The van der Waals surface area contributed by atoms with Crippen LogP contribution < -0.4 is 15.4 Å². The quantitative estimate of drug-likeness (QED) is 0.384. The number of anilines is 1. The minimum absolute atomic E-state index is 0.0116. The Balaban J connectivity index is 1.95. The zero-order chi connectivity index (χ0) is 29.2. The lowest BCUT2D eigenvalue weighted by Gasteiger charge is -2.61. The largest absolute Gasteiger partial charge is 0.493 e. The SMILES string of the molecule is CCCCOc1ccc(N(C)C)c2c1C(=O)C1C(=O)[C@]3(O)C(=O)C(C(N)=O)C(=O)[C@@H](N(C)C)[C@]3(C)C[C@]1(C)C2. The predicted octanol–water partition coefficient (Wildman–Crippen LogP) is 1.19. The molecular formula is C29H39N3O7. The highest BCUT2D eigenvalue weighted by Gasteiger charge is 2.76. The zero-order valence-corrected chi connectivity index (χ0v) is 23.8. The molecule has 1 aromatic rings. The van der Waals surface area contributed by atoms with E-state index in [2.05, 4.69) is 0 Å². The average molecular weight is 542 g/mol. The van der Waals surface area contributed by atoms with Crippen molar-refractivity contribution >= 4 is 34.7 Å². The molecule has 10 nitrogen and oxygen atoms in total. The van der Waals surface area contributed by atoms with Crippen molar-refractivity contribution < 1.29 is 33.8 Å². The van der Waals surface area contributed by atoms with Crippen LogP contribution in [0.2, 0.25) is 0 Å². The number of hydrogen-bond donors (Lipinski definition) is 2. The fraction of sp³-hybridized carbons (Fsp3) is 0.621. The molecule has 4 rings (SSSR count). The van der Waals surface area contributed by atoms with Crippen LogP contribution in [0.4, 0.5) is 5.69 Å². The van der Waals surface area contributed by atoms with E-state index < -0.39 is 63.3 Å². The summed E-state index contributed by atoms with van der Waals surface area (Å²) in [5.41, 5.74) is 1.85. The number of unbranched alkanes of at least 4 members (excludes halogenated alkanes) is 1. The third-order valence-electron chi connectivity index (χ3n) is 9.07. The molecule has 212 valence electrons. The van der Waals surface area contributed by atoms with Crippen LogP contribution in [0.1, 0.15) is 56.0 Å². The summed E-state index contributed by atoms with van der Waals surface area (Å²) < 4.78 is 5.99. The number of aliphatic hydroxyl groups is 1. The molecule has 1 amide bonds. The molecule has 0 heterocycles. The first-order valence-electron chi connectivity index (χ1n) is 13.4. The molecule has 1 aromatic carbocycles. The normalized spacial score (nSPS) is 33.9. The van der Waals surface area contributed by atoms with Crippen LogP contribution in [0, 0.1) is 22.7 Å². The molecule has 3 aliphatic carbocycles. The molecule has 0 saturated heterocycles. The Kier molecular flexibility index (Phi) is 7.05. The van der Waals surface area contributed by atoms with Gasteiger partial charge in [-0.05, 0) is 56.5 Å². The molecule has 0 radical (unpaired) electrons. The molecule has 10 heteroatoms. The van der Waals surface area contributed by atoms with Crippen LogP contribution in [0.25, 0.3) is 0 Å². The Morgan fingerprint density at radius 1 is 1.10 bits per heavy atom. The van der Waals surface area contributed by atoms with E-state index in [-0.39, 0.29) is 18.4 Å². The van der Waals surface area contributed by atoms with Gasteiger partial charge < -0.3 is 20.5 Å². The highest BCUT2D eigenvalue weighted by atomic mass is 16.5. The van der Waals surface area contributed by atoms with Gasteiger partial charge in [-0.15, -0.1) is 0 Å². The highest BCUT2D eigenvalue weighted by Crippen LogP contribution is 2.62. The van der Waals surface area contributed by atoms with Crippen molar-refractivity contribution in [1.82, 2.24) is 4.90 Å². The molecule has 0 aromatic heterocycles. The first-order chi connectivity index (χ1) is 18.1. The maximum absolute atomic E-state index is 14.4. The fourth-order valence-corrected chi connectivity index (χ4v) is 7.56. The number of primary amides is 1. The number of hydrogen-bond acceptors (Lipinski definition) is 9. The van der Waals surface area contributed by atoms with E-state index in [1.807, 2.05) is 32.0 Å². The van der Waals surface area contributed by atoms with Crippen LogP contribution in [0.3, 0.4) is 0 Å². The van der Waals surface area contributed by atoms with Crippen molar-refractivity contribution in [3.05, 3.63) is 23.3 Å². The molecule has 2 fully saturated rings. The number of likely N-dealkylation sites (N-methyl/N-ethyl adjacent to an activating group) is 1. The van der Waals surface area contributed by atoms with E-state index in [1.54, 1.807) is 27.1 Å². The molecule has 39 heavy (non-hydrogen) atoms. The fourth-order valence-electron chi connectivity index (χ4n) is 7.56. The van der Waals surface area contributed by atoms with E-state index in [0.717, 1.165) is 24.1 Å². The minimum atomic E-state index is -2.75. The van der Waals surface area contributed by atoms with Crippen LogP contribution in [0.5, 0.6) is 5.75 Å². The smallest absolute Gasteiger partial charge is 0.235 e. The molecule has 2 unspecified atom stereocenters. The highest BCUT2D eigenvalue weighted by molar-refractivity contribution is 6.33. The Bertz CT molecular complexity index is 1270. The van der Waals surface area contributed by atoms with Crippen molar-refractivity contribution in [2.45, 2.75) is 58.1 Å². The molecule has 0 spiro atoms. The maximum Gasteiger partial charge on any atom is 0.235 e. The molecule has 3 aliphatic rings. The third kappa shape index (κ3) is 3.86. The van der Waals surface area contributed by atoms with Gasteiger partial charge in [-0.25, -0.2) is 0 Å². The van der Waals surface area contributed by atoms with Gasteiger partial charge in [-0.2, -0.15) is 0 Å². The average Bonchev–Trinajstić information content (AvgIpc) is 2.80. The monoisotopic (exact) mass is 541 g/mol. The standard InChI is InChI=1S/C29H39N3O7/c1-8-9-12-39-17-11-10-16(31(4)5)15-13-27(2)14-28(3)23(32(6)7)22(34)19(26(30)37)24(35)29(28,38)25(36)20(27)21(33)18(15)17/h10-11,19-20,23,38H,8-9,12-14H2,1-7H3,(H2,30,37)/t19?,20?,23-,27+,28+,29-/m1/s1. The summed E-state index contributed by atoms with van der Waals surface area (Å²) >= 11 is 0. The van der Waals surface area contributed by atoms with E-state index in [9.17, 15) is 29.1 Å². The van der Waals surface area contributed by atoms with Crippen LogP contribution in [-0.4, -0.2) is 85.5 Å². The number of nitrogens with two attached hydrogens (primary N) is 1. The number of rotatable bonds is 7. The lowest BCUT2D eigenvalue weighted by atomic mass is 9.42. The maximum atomic E-state index is 14.4. The number of Topliss-reactive ketones (excluding diaryl/α,β-unsaturated/α-hetero) is 4. The number of ketones is 4. The zero-order valence-electron chi connectivity index (χ0n) is 23.8. The number of ether oxygens (including phenoxy) is 1. The molecule has 2 saturated carbocycles. The summed E-state index contributed by atoms with van der Waals surface area (Å²) in [6.07, 6.45) is 1.97. The summed E-state index contributed by atoms with van der Waals surface area (Å²) in [5, 5.41) is 12.1. The van der Waals surface area contributed by atoms with Crippen LogP contribution >= 0.6 is 0 Å². The topological polar surface area (TPSA) is 147 Å². The van der Waals surface area contributed by atoms with Gasteiger partial charge in [-0.1, -0.05) is 27.2 Å². The number of amides is 1. The van der Waals surface area contributed by atoms with E-state index in [0.29, 0.717) is 12.4 Å². The van der Waals surface area contributed by atoms with Crippen molar-refractivity contribution in [2.75, 3.05) is 39.7 Å². The number of carbonyl (C=O) groups is 5. The summed E-state index contributed by atoms with van der Waals surface area (Å²) in [7, 11) is 6.91. The number of benzene rings is 1. The first kappa shape index (κ1) is 28.9. The first-order valence-corrected chi connectivity index (χ1v) is 13.4. The third-order valence-corrected chi connectivity index (χ3v) is 9.07. The van der Waals surface area contributed by atoms with E-state index >= 15 is 0 Å². The van der Waals surface area contributed by atoms with Gasteiger partial charge in [0.15, 0.2) is 34.7 Å². The summed E-state index contributed by atoms with van der Waals surface area (Å²) in [4.78, 5) is 71.5. The molecular weight excluding hydrogens is 502 g/mol. The van der Waals surface area contributed by atoms with Crippen molar-refractivity contribution in [3.63, 3.8) is 0 Å². The van der Waals surface area contributed by atoms with Gasteiger partial charge in [0, 0.05) is 25.2 Å². The van der Waals surface area contributed by atoms with Gasteiger partial charge >= 0.3 is 0 Å². The van der Waals surface area contributed by atoms with E-state index in [4.69, 9.17) is 10.5 Å². The summed E-state index contributed by atoms with van der Waals surface area (Å²) in [6, 6.07) is 2.44. The van der Waals surface area contributed by atoms with Crippen LogP contribution in [-0.2, 0) is 25.6 Å². The lowest BCUT2D eigenvalue weighted by molar-refractivity contribution is -0.203. The second-order valence-corrected chi connectivity index (χ2v) is 12.3. The number of fused-ring (bicyclic) bond motifs is 3. The van der Waals surface area contributed by atoms with Gasteiger partial charge in [0.25, 0.3) is 0 Å². The molecule has 0 aliphatic heterocycles. The summed E-state index contributed by atoms with van der Waals surface area (Å²) in [5.74, 6) is -7.73. The Hall–Kier alpha value is -3.11. The van der Waals surface area contributed by atoms with Crippen molar-refractivity contribution in [2.24, 2.45) is 28.4 Å². The van der Waals surface area contributed by atoms with Gasteiger partial charge in [0.1, 0.15) is 5.75 Å². The van der Waals surface area contributed by atoms with Crippen LogP contribution in [0.15, 0.2) is 12.1 Å². The lowest BCUT2D eigenvalue weighted by Crippen LogP contribution is -2.79. The molecule has 6 atom stereocenters. The van der Waals surface area contributed by atoms with Gasteiger partial charge in [-0.3, -0.25) is 28.9 Å². The molecule has 3 N–H and O–H groups in total. The van der Waals surface area contributed by atoms with Gasteiger partial charge in [0.2, 0.25) is 5.91 Å². The number of carbonyl (C=O) groups excluding carboxylic acids is 5. The second-order valence-electron chi connectivity index (χ2n) is 12.3. The van der Waals surface area contributed by atoms with Gasteiger partial charge in [0.05, 0.1) is 24.1 Å². The minimum Gasteiger partial charge on any atom is -0.493 e. The van der Waals surface area contributed by atoms with Crippen molar-refractivity contribution in [1.29, 1.82) is 0 Å². The van der Waals surface area contributed by atoms with Crippen molar-refractivity contribution in [3.8, 4) is 5.75 Å². The number of nitrogens with zero attached hydrogens (tertiary/aromatic N) is 2. The Morgan fingerprint density at radius 3 is 2.28 bits per heavy atom. The molecule has 0 bridgehead atoms. The second kappa shape index (κ2) is 9.52.